The number of rotatable bonds is 7. The van der Waals surface area contributed by atoms with Crippen molar-refractivity contribution in [1.82, 2.24) is 20.3 Å². The van der Waals surface area contributed by atoms with E-state index < -0.39 is 21.4 Å². The van der Waals surface area contributed by atoms with Gasteiger partial charge in [0.2, 0.25) is 0 Å². The SMILES string of the molecule is COc1ccc([C@@](I)([C@H](C)NC(=O)C(C)(F)F)n2ncc3cc(-c4cnoc4)ccc32)cc1. The fourth-order valence-corrected chi connectivity index (χ4v) is 4.52. The molecule has 2 aromatic carbocycles. The van der Waals surface area contributed by atoms with Crippen LogP contribution in [0.1, 0.15) is 19.4 Å². The van der Waals surface area contributed by atoms with E-state index in [0.29, 0.717) is 12.7 Å². The molecule has 0 aliphatic carbocycles. The number of benzene rings is 2. The molecule has 1 amide bonds. The van der Waals surface area contributed by atoms with E-state index in [4.69, 9.17) is 9.26 Å². The minimum absolute atomic E-state index is 0.576. The molecule has 4 rings (SSSR count). The fourth-order valence-electron chi connectivity index (χ4n) is 3.62. The first-order chi connectivity index (χ1) is 15.6. The van der Waals surface area contributed by atoms with Gasteiger partial charge >= 0.3 is 5.92 Å². The van der Waals surface area contributed by atoms with Gasteiger partial charge < -0.3 is 14.6 Å². The smallest absolute Gasteiger partial charge is 0.321 e. The highest BCUT2D eigenvalue weighted by molar-refractivity contribution is 14.1. The number of hydrogen-bond donors (Lipinski definition) is 1. The summed E-state index contributed by atoms with van der Waals surface area (Å²) >= 11 is 2.16. The maximum Gasteiger partial charge on any atom is 0.321 e. The Balaban J connectivity index is 1.83. The van der Waals surface area contributed by atoms with Crippen molar-refractivity contribution < 1.29 is 22.8 Å². The Bertz CT molecular complexity index is 1270. The summed E-state index contributed by atoms with van der Waals surface area (Å²) in [7, 11) is 1.56. The lowest BCUT2D eigenvalue weighted by molar-refractivity contribution is -0.144. The normalized spacial score (nSPS) is 14.6. The van der Waals surface area contributed by atoms with Crippen LogP contribution >= 0.6 is 22.6 Å². The molecule has 7 nitrogen and oxygen atoms in total. The van der Waals surface area contributed by atoms with E-state index in [1.54, 1.807) is 49.5 Å². The number of carbonyl (C=O) groups is 1. The summed E-state index contributed by atoms with van der Waals surface area (Å²) in [5.41, 5.74) is 3.25. The van der Waals surface area contributed by atoms with Crippen molar-refractivity contribution in [2.24, 2.45) is 0 Å². The first-order valence-electron chi connectivity index (χ1n) is 10.0. The molecule has 2 atom stereocenters. The molecule has 33 heavy (non-hydrogen) atoms. The summed E-state index contributed by atoms with van der Waals surface area (Å²) in [5.74, 6) is -4.21. The standard InChI is InChI=1S/C23H21F2IN4O3/c1-14(29-21(31)22(2,24)25)23(26,18-5-7-19(32-3)8-6-18)30-20-9-4-15(10-16(20)11-27-30)17-12-28-33-13-17/h4-14H,1-3H3,(H,29,31)/t14-,23+/m0/s1. The van der Waals surface area contributed by atoms with Crippen LogP contribution in [0.5, 0.6) is 5.75 Å². The zero-order valence-corrected chi connectivity index (χ0v) is 20.2. The van der Waals surface area contributed by atoms with Crippen LogP contribution in [0.4, 0.5) is 8.78 Å². The number of amides is 1. The maximum atomic E-state index is 13.7. The lowest BCUT2D eigenvalue weighted by atomic mass is 9.99. The minimum Gasteiger partial charge on any atom is -0.497 e. The summed E-state index contributed by atoms with van der Waals surface area (Å²) < 4.78 is 38.2. The van der Waals surface area contributed by atoms with Gasteiger partial charge in [0.05, 0.1) is 31.1 Å². The van der Waals surface area contributed by atoms with E-state index >= 15 is 0 Å². The Morgan fingerprint density at radius 2 is 1.91 bits per heavy atom. The molecule has 0 spiro atoms. The maximum absolute atomic E-state index is 13.7. The molecule has 0 aliphatic heterocycles. The molecule has 2 heterocycles. The highest BCUT2D eigenvalue weighted by atomic mass is 127. The highest BCUT2D eigenvalue weighted by Crippen LogP contribution is 2.40. The van der Waals surface area contributed by atoms with E-state index in [1.807, 2.05) is 30.3 Å². The molecule has 172 valence electrons. The summed E-state index contributed by atoms with van der Waals surface area (Å²) in [5, 5.41) is 11.6. The molecule has 4 aromatic rings. The van der Waals surface area contributed by atoms with Crippen LogP contribution in [0.2, 0.25) is 0 Å². The van der Waals surface area contributed by atoms with E-state index in [0.717, 1.165) is 27.6 Å². The van der Waals surface area contributed by atoms with E-state index in [-0.39, 0.29) is 0 Å². The monoisotopic (exact) mass is 566 g/mol. The third kappa shape index (κ3) is 4.31. The molecule has 0 radical (unpaired) electrons. The third-order valence-corrected chi connectivity index (χ3v) is 7.47. The van der Waals surface area contributed by atoms with Crippen molar-refractivity contribution in [1.29, 1.82) is 0 Å². The van der Waals surface area contributed by atoms with Crippen molar-refractivity contribution >= 4 is 39.4 Å². The Morgan fingerprint density at radius 1 is 1.18 bits per heavy atom. The second-order valence-electron chi connectivity index (χ2n) is 7.73. The van der Waals surface area contributed by atoms with Gasteiger partial charge in [0.1, 0.15) is 12.0 Å². The van der Waals surface area contributed by atoms with Crippen molar-refractivity contribution in [2.75, 3.05) is 7.11 Å². The summed E-state index contributed by atoms with van der Waals surface area (Å²) in [6.45, 7) is 2.26. The Labute approximate surface area is 202 Å². The van der Waals surface area contributed by atoms with Gasteiger partial charge in [-0.05, 0) is 64.9 Å². The molecule has 0 aliphatic rings. The first kappa shape index (κ1) is 23.1. The number of ether oxygens (including phenoxy) is 1. The third-order valence-electron chi connectivity index (χ3n) is 5.46. The van der Waals surface area contributed by atoms with Gasteiger partial charge in [-0.15, -0.1) is 0 Å². The fraction of sp³-hybridized carbons (Fsp3) is 0.261. The van der Waals surface area contributed by atoms with Gasteiger partial charge in [0, 0.05) is 17.9 Å². The van der Waals surface area contributed by atoms with Crippen LogP contribution in [0.3, 0.4) is 0 Å². The number of methoxy groups -OCH3 is 1. The molecule has 2 aromatic heterocycles. The number of hydrogen-bond acceptors (Lipinski definition) is 5. The number of nitrogens with zero attached hydrogens (tertiary/aromatic N) is 3. The molecule has 0 saturated carbocycles. The number of alkyl halides is 3. The van der Waals surface area contributed by atoms with Gasteiger partial charge in [-0.2, -0.15) is 13.9 Å². The number of aromatic nitrogens is 3. The van der Waals surface area contributed by atoms with Crippen LogP contribution in [-0.2, 0) is 8.34 Å². The lowest BCUT2D eigenvalue weighted by Gasteiger charge is -2.36. The van der Waals surface area contributed by atoms with Crippen molar-refractivity contribution in [3.05, 3.63) is 66.7 Å². The van der Waals surface area contributed by atoms with E-state index in [9.17, 15) is 13.6 Å². The quantitative estimate of drug-likeness (QED) is 0.252. The summed E-state index contributed by atoms with van der Waals surface area (Å²) in [6.07, 6.45) is 4.87. The van der Waals surface area contributed by atoms with Crippen molar-refractivity contribution in [3.8, 4) is 16.9 Å². The van der Waals surface area contributed by atoms with E-state index in [2.05, 4.69) is 38.2 Å². The number of carbonyl (C=O) groups excluding carboxylic acids is 1. The summed E-state index contributed by atoms with van der Waals surface area (Å²) in [4.78, 5) is 12.1. The van der Waals surface area contributed by atoms with Crippen LogP contribution in [0, 0.1) is 0 Å². The topological polar surface area (TPSA) is 82.2 Å². The Morgan fingerprint density at radius 3 is 2.52 bits per heavy atom. The van der Waals surface area contributed by atoms with Crippen LogP contribution in [-0.4, -0.2) is 39.9 Å². The predicted molar refractivity (Wildman–Crippen MR) is 128 cm³/mol. The van der Waals surface area contributed by atoms with Crippen molar-refractivity contribution in [3.63, 3.8) is 0 Å². The van der Waals surface area contributed by atoms with Crippen LogP contribution in [0.15, 0.2) is 65.6 Å². The average molecular weight is 566 g/mol. The van der Waals surface area contributed by atoms with Gasteiger partial charge in [-0.1, -0.05) is 23.4 Å². The number of nitrogens with one attached hydrogen (secondary N) is 1. The van der Waals surface area contributed by atoms with Crippen LogP contribution < -0.4 is 10.1 Å². The van der Waals surface area contributed by atoms with E-state index in [1.165, 1.54) is 0 Å². The number of halogens is 3. The Hall–Kier alpha value is -3.02. The largest absolute Gasteiger partial charge is 0.497 e. The molecule has 0 bridgehead atoms. The predicted octanol–water partition coefficient (Wildman–Crippen LogP) is 5.00. The molecule has 0 saturated heterocycles. The molecular formula is C23H21F2IN4O3. The molecular weight excluding hydrogens is 545 g/mol. The lowest BCUT2D eigenvalue weighted by Crippen LogP contribution is -2.53. The second-order valence-corrected chi connectivity index (χ2v) is 9.37. The van der Waals surface area contributed by atoms with Crippen molar-refractivity contribution in [2.45, 2.75) is 29.4 Å². The van der Waals surface area contributed by atoms with Gasteiger partial charge in [0.25, 0.3) is 5.91 Å². The average Bonchev–Trinajstić information content (AvgIpc) is 3.47. The summed E-state index contributed by atoms with van der Waals surface area (Å²) in [6, 6.07) is 12.2. The molecule has 0 fully saturated rings. The zero-order chi connectivity index (χ0) is 23.8. The molecule has 0 unspecified atom stereocenters. The minimum atomic E-state index is -3.51. The van der Waals surface area contributed by atoms with Gasteiger partial charge in [0.15, 0.2) is 3.55 Å². The first-order valence-corrected chi connectivity index (χ1v) is 11.1. The number of fused-ring (bicyclic) bond motifs is 1. The van der Waals surface area contributed by atoms with Gasteiger partial charge in [-0.3, -0.25) is 4.79 Å². The molecule has 10 heteroatoms. The second kappa shape index (κ2) is 8.73. The van der Waals surface area contributed by atoms with Crippen LogP contribution in [0.25, 0.3) is 22.0 Å². The molecule has 1 N–H and O–H groups in total. The highest BCUT2D eigenvalue weighted by Gasteiger charge is 2.43. The Kier molecular flexibility index (Phi) is 6.12. The van der Waals surface area contributed by atoms with Gasteiger partial charge in [-0.25, -0.2) is 4.68 Å². The zero-order valence-electron chi connectivity index (χ0n) is 18.1.